The van der Waals surface area contributed by atoms with Crippen LogP contribution in [0.4, 0.5) is 0 Å². The van der Waals surface area contributed by atoms with Gasteiger partial charge in [-0.15, -0.1) is 23.2 Å². The Hall–Kier alpha value is 0.540. The third-order valence-corrected chi connectivity index (χ3v) is 4.33. The predicted molar refractivity (Wildman–Crippen MR) is 50.8 cm³/mol. The van der Waals surface area contributed by atoms with Gasteiger partial charge in [0.05, 0.1) is 10.5 Å². The zero-order chi connectivity index (χ0) is 8.98. The van der Waals surface area contributed by atoms with Crippen LogP contribution in [-0.4, -0.2) is 21.0 Å². The van der Waals surface area contributed by atoms with E-state index in [2.05, 4.69) is 0 Å². The summed E-state index contributed by atoms with van der Waals surface area (Å²) < 4.78 is 0. The fourth-order valence-electron chi connectivity index (χ4n) is 2.61. The Balaban J connectivity index is 2.10. The van der Waals surface area contributed by atoms with E-state index in [1.165, 1.54) is 0 Å². The summed E-state index contributed by atoms with van der Waals surface area (Å²) in [5, 5.41) is 10.1. The normalized spacial score (nSPS) is 59.0. The predicted octanol–water partition coefficient (Wildman–Crippen LogP) is 2.53. The van der Waals surface area contributed by atoms with Gasteiger partial charge in [0.15, 0.2) is 0 Å². The molecule has 1 nitrogen and oxygen atoms in total. The topological polar surface area (TPSA) is 20.2 Å². The molecule has 2 fully saturated rings. The number of aliphatic hydroxyl groups is 1. The van der Waals surface area contributed by atoms with Crippen molar-refractivity contribution in [1.29, 1.82) is 0 Å². The fourth-order valence-corrected chi connectivity index (χ4v) is 4.11. The Labute approximate surface area is 83.0 Å². The van der Waals surface area contributed by atoms with E-state index in [1.807, 2.05) is 6.92 Å². The SMILES string of the molecule is C[C@]1(O)CC[C@H]2[C@H](Cl)C[C@@]2(Cl)C1. The lowest BCUT2D eigenvalue weighted by Gasteiger charge is -2.55. The van der Waals surface area contributed by atoms with Crippen LogP contribution in [0.2, 0.25) is 0 Å². The molecule has 3 heteroatoms. The van der Waals surface area contributed by atoms with Crippen LogP contribution in [0.1, 0.15) is 32.6 Å². The minimum absolute atomic E-state index is 0.186. The van der Waals surface area contributed by atoms with Crippen molar-refractivity contribution in [3.05, 3.63) is 0 Å². The molecule has 4 atom stereocenters. The van der Waals surface area contributed by atoms with Gasteiger partial charge in [-0.2, -0.15) is 0 Å². The maximum Gasteiger partial charge on any atom is 0.0636 e. The first-order chi connectivity index (χ1) is 5.43. The summed E-state index contributed by atoms with van der Waals surface area (Å²) in [4.78, 5) is -0.186. The summed E-state index contributed by atoms with van der Waals surface area (Å²) in [7, 11) is 0. The molecule has 0 bridgehead atoms. The molecule has 0 aromatic carbocycles. The van der Waals surface area contributed by atoms with E-state index < -0.39 is 5.60 Å². The van der Waals surface area contributed by atoms with Crippen molar-refractivity contribution < 1.29 is 5.11 Å². The zero-order valence-electron chi connectivity index (χ0n) is 7.19. The summed E-state index contributed by atoms with van der Waals surface area (Å²) in [5.74, 6) is 0.432. The molecule has 0 aromatic rings. The highest BCUT2D eigenvalue weighted by atomic mass is 35.5. The second kappa shape index (κ2) is 2.52. The molecule has 0 aromatic heterocycles. The molecule has 0 heterocycles. The van der Waals surface area contributed by atoms with E-state index in [-0.39, 0.29) is 10.3 Å². The molecule has 2 saturated carbocycles. The second-order valence-electron chi connectivity index (χ2n) is 4.57. The van der Waals surface area contributed by atoms with Crippen LogP contribution in [0, 0.1) is 5.92 Å². The van der Waals surface area contributed by atoms with Crippen LogP contribution in [0.15, 0.2) is 0 Å². The zero-order valence-corrected chi connectivity index (χ0v) is 8.70. The third-order valence-electron chi connectivity index (χ3n) is 3.30. The Bertz CT molecular complexity index is 205. The van der Waals surface area contributed by atoms with Crippen molar-refractivity contribution in [2.45, 2.75) is 48.5 Å². The summed E-state index contributed by atoms with van der Waals surface area (Å²) in [5.41, 5.74) is -0.560. The van der Waals surface area contributed by atoms with E-state index in [0.29, 0.717) is 12.3 Å². The maximum atomic E-state index is 9.82. The first-order valence-electron chi connectivity index (χ1n) is 4.48. The summed E-state index contributed by atoms with van der Waals surface area (Å²) in [6, 6.07) is 0. The third kappa shape index (κ3) is 1.26. The van der Waals surface area contributed by atoms with Crippen molar-refractivity contribution in [2.75, 3.05) is 0 Å². The van der Waals surface area contributed by atoms with E-state index >= 15 is 0 Å². The Morgan fingerprint density at radius 1 is 1.50 bits per heavy atom. The molecule has 2 rings (SSSR count). The highest BCUT2D eigenvalue weighted by Gasteiger charge is 2.57. The second-order valence-corrected chi connectivity index (χ2v) is 5.89. The molecule has 1 N–H and O–H groups in total. The van der Waals surface area contributed by atoms with Crippen LogP contribution in [0.3, 0.4) is 0 Å². The monoisotopic (exact) mass is 208 g/mol. The smallest absolute Gasteiger partial charge is 0.0636 e. The van der Waals surface area contributed by atoms with Gasteiger partial charge >= 0.3 is 0 Å². The van der Waals surface area contributed by atoms with Gasteiger partial charge in [-0.3, -0.25) is 0 Å². The van der Waals surface area contributed by atoms with Gasteiger partial charge in [-0.25, -0.2) is 0 Å². The maximum absolute atomic E-state index is 9.82. The van der Waals surface area contributed by atoms with Gasteiger partial charge < -0.3 is 5.11 Å². The molecule has 0 radical (unpaired) electrons. The average Bonchev–Trinajstić information content (AvgIpc) is 1.82. The number of rotatable bonds is 0. The molecule has 70 valence electrons. The van der Waals surface area contributed by atoms with Crippen molar-refractivity contribution in [2.24, 2.45) is 5.92 Å². The van der Waals surface area contributed by atoms with E-state index in [4.69, 9.17) is 23.2 Å². The summed E-state index contributed by atoms with van der Waals surface area (Å²) in [6.07, 6.45) is 3.38. The average molecular weight is 209 g/mol. The van der Waals surface area contributed by atoms with Crippen LogP contribution in [-0.2, 0) is 0 Å². The van der Waals surface area contributed by atoms with Gasteiger partial charge in [0.2, 0.25) is 0 Å². The molecular formula is C9H14Cl2O. The van der Waals surface area contributed by atoms with Crippen LogP contribution < -0.4 is 0 Å². The van der Waals surface area contributed by atoms with Crippen molar-refractivity contribution in [3.63, 3.8) is 0 Å². The molecule has 12 heavy (non-hydrogen) atoms. The lowest BCUT2D eigenvalue weighted by molar-refractivity contribution is -0.0366. The number of hydrogen-bond donors (Lipinski definition) is 1. The lowest BCUT2D eigenvalue weighted by atomic mass is 9.60. The quantitative estimate of drug-likeness (QED) is 0.608. The highest BCUT2D eigenvalue weighted by Crippen LogP contribution is 2.57. The molecule has 0 saturated heterocycles. The van der Waals surface area contributed by atoms with Crippen molar-refractivity contribution in [3.8, 4) is 0 Å². The number of halogens is 2. The molecule has 0 amide bonds. The Morgan fingerprint density at radius 3 is 2.67 bits per heavy atom. The minimum atomic E-state index is -0.560. The van der Waals surface area contributed by atoms with E-state index in [0.717, 1.165) is 19.3 Å². The lowest BCUT2D eigenvalue weighted by Crippen LogP contribution is -2.58. The van der Waals surface area contributed by atoms with Gasteiger partial charge in [0.25, 0.3) is 0 Å². The first kappa shape index (κ1) is 9.11. The molecule has 2 aliphatic rings. The molecule has 0 spiro atoms. The van der Waals surface area contributed by atoms with Crippen LogP contribution >= 0.6 is 23.2 Å². The first-order valence-corrected chi connectivity index (χ1v) is 5.30. The number of alkyl halides is 2. The summed E-state index contributed by atoms with van der Waals surface area (Å²) >= 11 is 12.4. The molecular weight excluding hydrogens is 195 g/mol. The van der Waals surface area contributed by atoms with Gasteiger partial charge in [-0.05, 0) is 38.5 Å². The Kier molecular flexibility index (Phi) is 1.92. The van der Waals surface area contributed by atoms with Gasteiger partial charge in [0, 0.05) is 5.38 Å². The molecule has 2 aliphatic carbocycles. The van der Waals surface area contributed by atoms with Crippen molar-refractivity contribution >= 4 is 23.2 Å². The minimum Gasteiger partial charge on any atom is -0.390 e. The van der Waals surface area contributed by atoms with E-state index in [1.54, 1.807) is 0 Å². The Morgan fingerprint density at radius 2 is 2.17 bits per heavy atom. The largest absolute Gasteiger partial charge is 0.390 e. The highest BCUT2D eigenvalue weighted by molar-refractivity contribution is 6.29. The fraction of sp³-hybridized carbons (Fsp3) is 1.00. The standard InChI is InChI=1S/C9H14Cl2O/c1-8(12)3-2-6-7(10)4-9(6,11)5-8/h6-7,12H,2-5H2,1H3/t6-,7+,8-,9+/m0/s1. The van der Waals surface area contributed by atoms with Crippen LogP contribution in [0.5, 0.6) is 0 Å². The number of fused-ring (bicyclic) bond motifs is 1. The van der Waals surface area contributed by atoms with Crippen LogP contribution in [0.25, 0.3) is 0 Å². The van der Waals surface area contributed by atoms with Gasteiger partial charge in [0.1, 0.15) is 0 Å². The summed E-state index contributed by atoms with van der Waals surface area (Å²) in [6.45, 7) is 1.87. The van der Waals surface area contributed by atoms with E-state index in [9.17, 15) is 5.11 Å². The molecule has 0 aliphatic heterocycles. The molecule has 0 unspecified atom stereocenters. The van der Waals surface area contributed by atoms with Gasteiger partial charge in [-0.1, -0.05) is 0 Å². The van der Waals surface area contributed by atoms with Crippen molar-refractivity contribution in [1.82, 2.24) is 0 Å². The number of hydrogen-bond acceptors (Lipinski definition) is 1.